The van der Waals surface area contributed by atoms with Crippen LogP contribution in [0.5, 0.6) is 0 Å². The van der Waals surface area contributed by atoms with E-state index in [0.717, 1.165) is 13.0 Å². The first-order chi connectivity index (χ1) is 8.95. The van der Waals surface area contributed by atoms with Crippen LogP contribution < -0.4 is 10.6 Å². The van der Waals surface area contributed by atoms with E-state index < -0.39 is 0 Å². The van der Waals surface area contributed by atoms with E-state index in [1.807, 2.05) is 20.9 Å². The number of nitrogens with zero attached hydrogens (tertiary/aromatic N) is 3. The summed E-state index contributed by atoms with van der Waals surface area (Å²) in [6, 6.07) is 0.177. The van der Waals surface area contributed by atoms with Crippen molar-refractivity contribution in [2.75, 3.05) is 13.6 Å². The molecule has 1 saturated heterocycles. The zero-order chi connectivity index (χ0) is 14.0. The van der Waals surface area contributed by atoms with Crippen molar-refractivity contribution < 1.29 is 9.32 Å². The minimum atomic E-state index is -0.129. The number of rotatable bonds is 3. The lowest BCUT2D eigenvalue weighted by Crippen LogP contribution is -2.45. The lowest BCUT2D eigenvalue weighted by molar-refractivity contribution is 0.234. The number of amides is 2. The average Bonchev–Trinajstić information content (AvgIpc) is 2.83. The molecule has 0 saturated carbocycles. The molecule has 1 aliphatic rings. The molecule has 19 heavy (non-hydrogen) atoms. The minimum absolute atomic E-state index is 0.0746. The van der Waals surface area contributed by atoms with Gasteiger partial charge >= 0.3 is 6.03 Å². The Bertz CT molecular complexity index is 445. The molecule has 2 N–H and O–H groups in total. The standard InChI is InChI=1S/C12H21N5O2/c1-7(2)13-12(18)15-9-5-10(17(4)6-9)11-14-8(3)16-19-11/h7,9-10H,5-6H2,1-4H3,(H2,13,15,18)/t9-,10-/m0/s1. The molecule has 0 bridgehead atoms. The van der Waals surface area contributed by atoms with Crippen LogP contribution in [0.1, 0.15) is 38.0 Å². The fraction of sp³-hybridized carbons (Fsp3) is 0.750. The van der Waals surface area contributed by atoms with Crippen LogP contribution in [-0.2, 0) is 0 Å². The van der Waals surface area contributed by atoms with E-state index in [1.54, 1.807) is 6.92 Å². The van der Waals surface area contributed by atoms with Gasteiger partial charge in [-0.15, -0.1) is 0 Å². The van der Waals surface area contributed by atoms with Crippen LogP contribution >= 0.6 is 0 Å². The quantitative estimate of drug-likeness (QED) is 0.847. The number of hydrogen-bond donors (Lipinski definition) is 2. The normalized spacial score (nSPS) is 23.8. The molecule has 7 heteroatoms. The minimum Gasteiger partial charge on any atom is -0.338 e. The molecule has 106 valence electrons. The van der Waals surface area contributed by atoms with Crippen molar-refractivity contribution in [1.82, 2.24) is 25.7 Å². The van der Waals surface area contributed by atoms with Crippen molar-refractivity contribution in [1.29, 1.82) is 0 Å². The average molecular weight is 267 g/mol. The Morgan fingerprint density at radius 1 is 1.53 bits per heavy atom. The van der Waals surface area contributed by atoms with Gasteiger partial charge in [0.15, 0.2) is 5.82 Å². The van der Waals surface area contributed by atoms with Gasteiger partial charge < -0.3 is 15.2 Å². The zero-order valence-electron chi connectivity index (χ0n) is 11.8. The molecule has 2 atom stereocenters. The number of likely N-dealkylation sites (N-methyl/N-ethyl adjacent to an activating group) is 1. The van der Waals surface area contributed by atoms with Crippen LogP contribution in [0, 0.1) is 6.92 Å². The van der Waals surface area contributed by atoms with Crippen molar-refractivity contribution in [3.8, 4) is 0 Å². The molecule has 2 amide bonds. The summed E-state index contributed by atoms with van der Waals surface area (Å²) in [4.78, 5) is 18.0. The van der Waals surface area contributed by atoms with E-state index in [-0.39, 0.29) is 24.2 Å². The molecular weight excluding hydrogens is 246 g/mol. The van der Waals surface area contributed by atoms with Crippen molar-refractivity contribution in [3.63, 3.8) is 0 Å². The Balaban J connectivity index is 1.92. The second-order valence-electron chi connectivity index (χ2n) is 5.34. The van der Waals surface area contributed by atoms with Gasteiger partial charge in [0.05, 0.1) is 6.04 Å². The lowest BCUT2D eigenvalue weighted by Gasteiger charge is -2.15. The Labute approximate surface area is 112 Å². The molecule has 0 aliphatic carbocycles. The SMILES string of the molecule is Cc1noc([C@@H]2C[C@H](NC(=O)NC(C)C)CN2C)n1. The molecule has 7 nitrogen and oxygen atoms in total. The molecule has 0 unspecified atom stereocenters. The summed E-state index contributed by atoms with van der Waals surface area (Å²) in [5.41, 5.74) is 0. The predicted molar refractivity (Wildman–Crippen MR) is 69.6 cm³/mol. The highest BCUT2D eigenvalue weighted by Gasteiger charge is 2.34. The van der Waals surface area contributed by atoms with Crippen LogP contribution in [0.2, 0.25) is 0 Å². The molecule has 2 rings (SSSR count). The van der Waals surface area contributed by atoms with Gasteiger partial charge in [-0.25, -0.2) is 4.79 Å². The van der Waals surface area contributed by atoms with E-state index in [2.05, 4.69) is 25.7 Å². The third kappa shape index (κ3) is 3.44. The number of likely N-dealkylation sites (tertiary alicyclic amines) is 1. The number of urea groups is 1. The predicted octanol–water partition coefficient (Wildman–Crippen LogP) is 0.831. The maximum Gasteiger partial charge on any atom is 0.315 e. The third-order valence-electron chi connectivity index (χ3n) is 3.13. The van der Waals surface area contributed by atoms with E-state index in [4.69, 9.17) is 4.52 Å². The van der Waals surface area contributed by atoms with E-state index in [1.165, 1.54) is 0 Å². The molecule has 1 fully saturated rings. The van der Waals surface area contributed by atoms with Gasteiger partial charge in [-0.2, -0.15) is 4.98 Å². The number of carbonyl (C=O) groups is 1. The Hall–Kier alpha value is -1.63. The van der Waals surface area contributed by atoms with Gasteiger partial charge in [0.2, 0.25) is 5.89 Å². The van der Waals surface area contributed by atoms with Gasteiger partial charge in [-0.1, -0.05) is 5.16 Å². The van der Waals surface area contributed by atoms with Crippen LogP contribution in [0.15, 0.2) is 4.52 Å². The number of aryl methyl sites for hydroxylation is 1. The summed E-state index contributed by atoms with van der Waals surface area (Å²) in [5.74, 6) is 1.26. The maximum absolute atomic E-state index is 11.7. The zero-order valence-corrected chi connectivity index (χ0v) is 11.8. The summed E-state index contributed by atoms with van der Waals surface area (Å²) < 4.78 is 5.21. The summed E-state index contributed by atoms with van der Waals surface area (Å²) in [6.07, 6.45) is 0.781. The summed E-state index contributed by atoms with van der Waals surface area (Å²) in [7, 11) is 1.99. The first kappa shape index (κ1) is 13.8. The number of aromatic nitrogens is 2. The fourth-order valence-corrected chi connectivity index (χ4v) is 2.33. The second-order valence-corrected chi connectivity index (χ2v) is 5.34. The van der Waals surface area contributed by atoms with Crippen LogP contribution in [-0.4, -0.2) is 46.7 Å². The monoisotopic (exact) mass is 267 g/mol. The smallest absolute Gasteiger partial charge is 0.315 e. The van der Waals surface area contributed by atoms with Gasteiger partial charge in [0.25, 0.3) is 0 Å². The number of nitrogens with one attached hydrogen (secondary N) is 2. The summed E-state index contributed by atoms with van der Waals surface area (Å²) in [6.45, 7) is 6.44. The summed E-state index contributed by atoms with van der Waals surface area (Å²) in [5, 5.41) is 9.60. The van der Waals surface area contributed by atoms with Gasteiger partial charge in [-0.3, -0.25) is 4.90 Å². The van der Waals surface area contributed by atoms with Crippen molar-refractivity contribution in [2.45, 2.75) is 45.3 Å². The lowest BCUT2D eigenvalue weighted by atomic mass is 10.1. The molecular formula is C12H21N5O2. The topological polar surface area (TPSA) is 83.3 Å². The third-order valence-corrected chi connectivity index (χ3v) is 3.13. The highest BCUT2D eigenvalue weighted by molar-refractivity contribution is 5.74. The molecule has 1 aliphatic heterocycles. The molecule has 1 aromatic rings. The van der Waals surface area contributed by atoms with E-state index in [0.29, 0.717) is 11.7 Å². The van der Waals surface area contributed by atoms with Crippen LogP contribution in [0.25, 0.3) is 0 Å². The Kier molecular flexibility index (Phi) is 4.04. The Morgan fingerprint density at radius 3 is 2.84 bits per heavy atom. The first-order valence-corrected chi connectivity index (χ1v) is 6.53. The highest BCUT2D eigenvalue weighted by Crippen LogP contribution is 2.29. The van der Waals surface area contributed by atoms with E-state index >= 15 is 0 Å². The number of carbonyl (C=O) groups excluding carboxylic acids is 1. The maximum atomic E-state index is 11.7. The van der Waals surface area contributed by atoms with Gasteiger partial charge in [-0.05, 0) is 34.2 Å². The molecule has 2 heterocycles. The van der Waals surface area contributed by atoms with Gasteiger partial charge in [0.1, 0.15) is 0 Å². The largest absolute Gasteiger partial charge is 0.338 e. The molecule has 0 spiro atoms. The van der Waals surface area contributed by atoms with E-state index in [9.17, 15) is 4.79 Å². The molecule has 0 radical (unpaired) electrons. The number of hydrogen-bond acceptors (Lipinski definition) is 5. The van der Waals surface area contributed by atoms with Crippen LogP contribution in [0.3, 0.4) is 0 Å². The van der Waals surface area contributed by atoms with Crippen molar-refractivity contribution >= 4 is 6.03 Å². The van der Waals surface area contributed by atoms with Crippen molar-refractivity contribution in [2.24, 2.45) is 0 Å². The highest BCUT2D eigenvalue weighted by atomic mass is 16.5. The molecule has 0 aromatic carbocycles. The van der Waals surface area contributed by atoms with Gasteiger partial charge in [0, 0.05) is 18.6 Å². The summed E-state index contributed by atoms with van der Waals surface area (Å²) >= 11 is 0. The fourth-order valence-electron chi connectivity index (χ4n) is 2.33. The van der Waals surface area contributed by atoms with Crippen LogP contribution in [0.4, 0.5) is 4.79 Å². The molecule has 1 aromatic heterocycles. The first-order valence-electron chi connectivity index (χ1n) is 6.53. The Morgan fingerprint density at radius 2 is 2.26 bits per heavy atom. The second kappa shape index (κ2) is 5.56. The van der Waals surface area contributed by atoms with Crippen molar-refractivity contribution in [3.05, 3.63) is 11.7 Å².